The summed E-state index contributed by atoms with van der Waals surface area (Å²) in [6.45, 7) is 34.4. The quantitative estimate of drug-likeness (QED) is 0.118. The van der Waals surface area contributed by atoms with Crippen LogP contribution in [0.15, 0.2) is 158 Å². The Bertz CT molecular complexity index is 3670. The van der Waals surface area contributed by atoms with Crippen molar-refractivity contribution in [3.63, 3.8) is 0 Å². The maximum Gasteiger partial charge on any atom is 0.268 e. The molecule has 6 heteroatoms. The largest absolute Gasteiger partial charge is 0.359 e. The molecule has 0 radical (unpaired) electrons. The van der Waals surface area contributed by atoms with Crippen molar-refractivity contribution in [2.45, 2.75) is 131 Å². The van der Waals surface area contributed by atoms with Gasteiger partial charge in [-0.2, -0.15) is 18.2 Å². The first-order valence-corrected chi connectivity index (χ1v) is 26.0. The van der Waals surface area contributed by atoms with Gasteiger partial charge >= 0.3 is 0 Å². The van der Waals surface area contributed by atoms with Crippen LogP contribution in [0.1, 0.15) is 132 Å². The molecule has 0 fully saturated rings. The van der Waals surface area contributed by atoms with Crippen LogP contribution in [0, 0.1) is 18.5 Å². The summed E-state index contributed by atoms with van der Waals surface area (Å²) < 4.78 is 6.88. The molecule has 0 amide bonds. The van der Waals surface area contributed by atoms with Crippen LogP contribution >= 0.6 is 0 Å². The van der Waals surface area contributed by atoms with Crippen LogP contribution < -0.4 is 9.47 Å². The van der Waals surface area contributed by atoms with Crippen molar-refractivity contribution in [1.29, 1.82) is 0 Å². The van der Waals surface area contributed by atoms with Crippen LogP contribution in [-0.2, 0) is 48.1 Å². The first-order chi connectivity index (χ1) is 34.4. The fraction of sp³-hybridized carbons (Fsp3) is 0.294. The maximum atomic E-state index is 5.00. The zero-order chi connectivity index (χ0) is 52.0. The van der Waals surface area contributed by atoms with E-state index >= 15 is 0 Å². The van der Waals surface area contributed by atoms with E-state index in [1.165, 1.54) is 27.8 Å². The Hall–Kier alpha value is -6.55. The van der Waals surface area contributed by atoms with Gasteiger partial charge < -0.3 is 14.0 Å². The Kier molecular flexibility index (Phi) is 13.4. The van der Waals surface area contributed by atoms with Crippen molar-refractivity contribution in [1.82, 2.24) is 14.1 Å². The van der Waals surface area contributed by atoms with Gasteiger partial charge in [-0.25, -0.2) is 4.98 Å². The van der Waals surface area contributed by atoms with Gasteiger partial charge in [-0.1, -0.05) is 211 Å². The van der Waals surface area contributed by atoms with E-state index in [1.807, 2.05) is 6.20 Å². The van der Waals surface area contributed by atoms with Crippen LogP contribution in [0.25, 0.3) is 61.2 Å². The minimum Gasteiger partial charge on any atom is -0.359 e. The smallest absolute Gasteiger partial charge is 0.268 e. The van der Waals surface area contributed by atoms with Crippen molar-refractivity contribution >= 4 is 49.9 Å². The number of nitrogens with zero attached hydrogens (tertiary/aromatic N) is 5. The van der Waals surface area contributed by atoms with E-state index in [0.717, 1.165) is 78.2 Å². The van der Waals surface area contributed by atoms with Crippen molar-refractivity contribution in [3.8, 4) is 28.3 Å². The number of fused-ring (bicyclic) bond motifs is 4. The van der Waals surface area contributed by atoms with Crippen LogP contribution in [0.3, 0.4) is 0 Å². The van der Waals surface area contributed by atoms with Crippen molar-refractivity contribution in [3.05, 3.63) is 204 Å². The Labute approximate surface area is 455 Å². The van der Waals surface area contributed by atoms with Crippen LogP contribution in [0.2, 0.25) is 0 Å². The molecule has 0 spiro atoms. The Morgan fingerprint density at radius 1 is 0.486 bits per heavy atom. The Balaban J connectivity index is 0.00000672. The molecule has 0 aliphatic rings. The van der Waals surface area contributed by atoms with Gasteiger partial charge in [0, 0.05) is 38.5 Å². The molecule has 3 heterocycles. The summed E-state index contributed by atoms with van der Waals surface area (Å²) in [6, 6.07) is 63.6. The van der Waals surface area contributed by atoms with Crippen molar-refractivity contribution < 1.29 is 25.6 Å². The topological polar surface area (TPSA) is 29.9 Å². The minimum absolute atomic E-state index is 0. The van der Waals surface area contributed by atoms with Crippen molar-refractivity contribution in [2.24, 2.45) is 0 Å². The fourth-order valence-electron chi connectivity index (χ4n) is 10.1. The molecule has 3 aromatic heterocycles. The minimum atomic E-state index is -0.248. The predicted octanol–water partition coefficient (Wildman–Crippen LogP) is 17.4. The summed E-state index contributed by atoms with van der Waals surface area (Å²) >= 11 is 0. The van der Waals surface area contributed by atoms with Crippen LogP contribution in [-0.4, -0.2) is 14.1 Å². The third-order valence-corrected chi connectivity index (χ3v) is 14.5. The second kappa shape index (κ2) is 19.0. The monoisotopic (exact) mass is 1150 g/mol. The number of imidazole rings is 1. The number of aromatic nitrogens is 4. The van der Waals surface area contributed by atoms with Crippen molar-refractivity contribution in [2.75, 3.05) is 4.90 Å². The number of para-hydroxylation sites is 3. The van der Waals surface area contributed by atoms with Gasteiger partial charge in [0.1, 0.15) is 5.82 Å². The van der Waals surface area contributed by atoms with Gasteiger partial charge in [-0.15, -0.1) is 29.1 Å². The van der Waals surface area contributed by atoms with Gasteiger partial charge in [0.25, 0.3) is 6.33 Å². The van der Waals surface area contributed by atoms with Gasteiger partial charge in [0.05, 0.1) is 16.7 Å². The Morgan fingerprint density at radius 2 is 1.08 bits per heavy atom. The maximum absolute atomic E-state index is 5.00. The zero-order valence-electron chi connectivity index (χ0n) is 46.1. The summed E-state index contributed by atoms with van der Waals surface area (Å²) in [5, 5.41) is 2.28. The normalized spacial score (nSPS) is 12.7. The van der Waals surface area contributed by atoms with Gasteiger partial charge in [-0.05, 0) is 109 Å². The second-order valence-corrected chi connectivity index (χ2v) is 25.2. The SMILES string of the molecule is CC(C)(C)c1cccc(-c2cccc3c2[n+](-c2cc(C(C)(C)C)cc(C(C)(C)C)c2)[c-]n3-c2[c-]c(N(c3[c-]c4c(cc3)c3ccccc3n4-c3cc(C(C)(C)C)ccn3)c3ccccc3)ccc2C(C)(C)C)c1.[Pt]. The van der Waals surface area contributed by atoms with E-state index in [2.05, 4.69) is 293 Å². The summed E-state index contributed by atoms with van der Waals surface area (Å²) in [4.78, 5) is 7.30. The third kappa shape index (κ3) is 9.81. The summed E-state index contributed by atoms with van der Waals surface area (Å²) in [7, 11) is 0. The summed E-state index contributed by atoms with van der Waals surface area (Å²) in [5.41, 5.74) is 17.1. The van der Waals surface area contributed by atoms with E-state index in [0.29, 0.717) is 0 Å². The molecule has 7 aromatic carbocycles. The molecule has 5 nitrogen and oxygen atoms in total. The molecule has 0 bridgehead atoms. The average molecular weight is 1150 g/mol. The average Bonchev–Trinajstić information content (AvgIpc) is 3.89. The van der Waals surface area contributed by atoms with Gasteiger partial charge in [0.2, 0.25) is 0 Å². The van der Waals surface area contributed by atoms with Crippen LogP contribution in [0.5, 0.6) is 0 Å². The number of anilines is 3. The number of benzene rings is 7. The summed E-state index contributed by atoms with van der Waals surface area (Å²) in [5.74, 6) is 0.872. The molecule has 0 aliphatic heterocycles. The van der Waals surface area contributed by atoms with E-state index < -0.39 is 0 Å². The van der Waals surface area contributed by atoms with Crippen LogP contribution in [0.4, 0.5) is 17.1 Å². The molecule has 10 aromatic rings. The standard InChI is InChI=1S/C68H71N5.Pt/c1-64(2,3)46-24-21-23-45(37-46)54-28-22-30-59-63(54)70(53-39-48(66(7,8)9)38-49(40-53)67(10,11)12)44-71(59)61-43-52(32-34-57(61)68(13,14)15)72(50-25-17-16-18-26-50)51-31-33-56-55-27-19-20-29-58(55)73(60(56)42-51)62-41-47(35-36-69-62)65(4,5)6;/h16-41H,1-15H3;/q-2;. The summed E-state index contributed by atoms with van der Waals surface area (Å²) in [6.07, 6.45) is 5.97. The van der Waals surface area contributed by atoms with E-state index in [1.54, 1.807) is 0 Å². The molecule has 74 heavy (non-hydrogen) atoms. The first-order valence-electron chi connectivity index (χ1n) is 26.0. The number of hydrogen-bond donors (Lipinski definition) is 0. The van der Waals surface area contributed by atoms with Gasteiger partial charge in [0.15, 0.2) is 0 Å². The molecular formula is C68H71N5Pt-2. The molecule has 0 saturated carbocycles. The molecular weight excluding hydrogens is 1080 g/mol. The molecule has 0 aliphatic carbocycles. The number of pyridine rings is 1. The van der Waals surface area contributed by atoms with Gasteiger partial charge in [-0.3, -0.25) is 4.57 Å². The molecule has 10 rings (SSSR count). The zero-order valence-corrected chi connectivity index (χ0v) is 48.3. The van der Waals surface area contributed by atoms with E-state index in [-0.39, 0.29) is 48.1 Å². The second-order valence-electron chi connectivity index (χ2n) is 25.2. The predicted molar refractivity (Wildman–Crippen MR) is 307 cm³/mol. The first kappa shape index (κ1) is 52.3. The molecule has 0 N–H and O–H groups in total. The molecule has 0 saturated heterocycles. The molecule has 380 valence electrons. The molecule has 0 atom stereocenters. The van der Waals surface area contributed by atoms with E-state index in [4.69, 9.17) is 4.98 Å². The number of hydrogen-bond acceptors (Lipinski definition) is 2. The number of rotatable bonds is 7. The Morgan fingerprint density at radius 3 is 1.74 bits per heavy atom. The fourth-order valence-corrected chi connectivity index (χ4v) is 10.1. The third-order valence-electron chi connectivity index (χ3n) is 14.5. The van der Waals surface area contributed by atoms with E-state index in [9.17, 15) is 0 Å². The molecule has 0 unspecified atom stereocenters.